The smallest absolute Gasteiger partial charge is 0.171 e. The van der Waals surface area contributed by atoms with Gasteiger partial charge in [0.05, 0.1) is 25.5 Å². The van der Waals surface area contributed by atoms with Crippen molar-refractivity contribution in [3.05, 3.63) is 76.9 Å². The van der Waals surface area contributed by atoms with Crippen LogP contribution < -0.4 is 4.74 Å². The lowest BCUT2D eigenvalue weighted by Gasteiger charge is -2.52. The molecule has 43 heavy (non-hydrogen) atoms. The molecule has 0 unspecified atom stereocenters. The van der Waals surface area contributed by atoms with Crippen molar-refractivity contribution in [2.45, 2.75) is 96.7 Å². The molecule has 6 nitrogen and oxygen atoms in total. The Balaban J connectivity index is 0.927. The van der Waals surface area contributed by atoms with Crippen LogP contribution in [0.15, 0.2) is 48.7 Å². The van der Waals surface area contributed by atoms with Gasteiger partial charge in [-0.15, -0.1) is 5.10 Å². The molecule has 5 aliphatic rings. The lowest BCUT2D eigenvalue weighted by molar-refractivity contribution is -0.272. The van der Waals surface area contributed by atoms with E-state index >= 15 is 0 Å². The topological polar surface area (TPSA) is 58.4 Å². The van der Waals surface area contributed by atoms with Gasteiger partial charge in [0.1, 0.15) is 23.9 Å². The van der Waals surface area contributed by atoms with E-state index in [0.29, 0.717) is 48.3 Å². The van der Waals surface area contributed by atoms with Gasteiger partial charge in [-0.25, -0.2) is 9.07 Å². The molecule has 2 aromatic carbocycles. The third kappa shape index (κ3) is 4.64. The lowest BCUT2D eigenvalue weighted by Crippen LogP contribution is -2.48. The number of hydrogen-bond donors (Lipinski definition) is 0. The van der Waals surface area contributed by atoms with E-state index in [9.17, 15) is 4.39 Å². The standard InChI is InChI=1S/C36H44FN3O3/c1-22-12-15-36(42-20-22)23(2)34-33(43-36)17-32-31-10-6-25-16-28(9-11-29(25)30(31)13-14-35(32,34)3)41-21-27-19-40(39-38-27)18-24-4-7-26(37)8-5-24/h4-5,7-9,11,16,19,22-23,30-34H,6,10,12-15,17-18,20-21H2,1-3H3/t22-,23+,30-,31-,32+,33+,34+,35+,36-/m1/s1. The van der Waals surface area contributed by atoms with Gasteiger partial charge >= 0.3 is 0 Å². The number of nitrogens with zero attached hydrogens (tertiary/aromatic N) is 3. The molecule has 0 amide bonds. The van der Waals surface area contributed by atoms with Crippen LogP contribution in [0.4, 0.5) is 4.39 Å². The molecule has 3 heterocycles. The van der Waals surface area contributed by atoms with Crippen molar-refractivity contribution in [2.75, 3.05) is 6.61 Å². The second-order valence-corrected chi connectivity index (χ2v) is 14.6. The van der Waals surface area contributed by atoms with Gasteiger partial charge in [0.15, 0.2) is 5.79 Å². The number of aryl methyl sites for hydroxylation is 1. The number of aromatic nitrogens is 3. The first-order valence-corrected chi connectivity index (χ1v) is 16.5. The first kappa shape index (κ1) is 27.8. The normalized spacial score (nSPS) is 37.9. The molecule has 0 N–H and O–H groups in total. The van der Waals surface area contributed by atoms with Gasteiger partial charge in [-0.1, -0.05) is 44.2 Å². The molecule has 3 aliphatic carbocycles. The van der Waals surface area contributed by atoms with Crippen LogP contribution in [-0.4, -0.2) is 33.5 Å². The second-order valence-electron chi connectivity index (χ2n) is 14.6. The molecule has 3 aromatic rings. The van der Waals surface area contributed by atoms with Crippen molar-refractivity contribution < 1.29 is 18.6 Å². The van der Waals surface area contributed by atoms with E-state index in [-0.39, 0.29) is 11.6 Å². The molecule has 8 rings (SSSR count). The monoisotopic (exact) mass is 585 g/mol. The Morgan fingerprint density at radius 2 is 1.93 bits per heavy atom. The van der Waals surface area contributed by atoms with Gasteiger partial charge in [0.2, 0.25) is 0 Å². The molecule has 1 aromatic heterocycles. The van der Waals surface area contributed by atoms with Crippen LogP contribution in [0.25, 0.3) is 0 Å². The summed E-state index contributed by atoms with van der Waals surface area (Å²) in [6.07, 6.45) is 10.6. The SMILES string of the molecule is C[C@@H]1CC[C@@]2(OC1)O[C@H]1C[C@H]3[C@@H]4CCc5cc(OCc6cn(Cc7ccc(F)cc7)nn6)ccc5[C@H]4CC[C@]3(C)[C@H]1[C@@H]2C. The molecule has 2 saturated heterocycles. The molecule has 1 spiro atoms. The fraction of sp³-hybridized carbons (Fsp3) is 0.611. The van der Waals surface area contributed by atoms with E-state index < -0.39 is 0 Å². The Labute approximate surface area is 254 Å². The molecular weight excluding hydrogens is 541 g/mol. The molecule has 228 valence electrons. The van der Waals surface area contributed by atoms with E-state index in [1.807, 2.05) is 6.20 Å². The van der Waals surface area contributed by atoms with Crippen molar-refractivity contribution in [3.8, 4) is 5.75 Å². The highest BCUT2D eigenvalue weighted by atomic mass is 19.1. The highest BCUT2D eigenvalue weighted by Gasteiger charge is 2.67. The molecular formula is C36H44FN3O3. The summed E-state index contributed by atoms with van der Waals surface area (Å²) in [5, 5.41) is 8.50. The zero-order valence-corrected chi connectivity index (χ0v) is 25.7. The van der Waals surface area contributed by atoms with Crippen LogP contribution in [0.2, 0.25) is 0 Å². The fourth-order valence-electron chi connectivity index (χ4n) is 10.1. The maximum Gasteiger partial charge on any atom is 0.171 e. The number of benzene rings is 2. The third-order valence-corrected chi connectivity index (χ3v) is 12.2. The Kier molecular flexibility index (Phi) is 6.72. The Bertz CT molecular complexity index is 1480. The average molecular weight is 586 g/mol. The first-order chi connectivity index (χ1) is 20.8. The summed E-state index contributed by atoms with van der Waals surface area (Å²) in [5.74, 6) is 4.15. The average Bonchev–Trinajstić information content (AvgIpc) is 3.66. The summed E-state index contributed by atoms with van der Waals surface area (Å²) in [6.45, 7) is 9.10. The minimum Gasteiger partial charge on any atom is -0.487 e. The summed E-state index contributed by atoms with van der Waals surface area (Å²) in [5.41, 5.74) is 5.10. The van der Waals surface area contributed by atoms with Crippen LogP contribution in [0.5, 0.6) is 5.75 Å². The summed E-state index contributed by atoms with van der Waals surface area (Å²) < 4.78 is 34.6. The van der Waals surface area contributed by atoms with Crippen molar-refractivity contribution in [2.24, 2.45) is 35.0 Å². The molecule has 2 saturated carbocycles. The van der Waals surface area contributed by atoms with Crippen molar-refractivity contribution in [1.29, 1.82) is 0 Å². The van der Waals surface area contributed by atoms with E-state index in [0.717, 1.165) is 48.3 Å². The van der Waals surface area contributed by atoms with Gasteiger partial charge in [0.25, 0.3) is 0 Å². The largest absolute Gasteiger partial charge is 0.487 e. The van der Waals surface area contributed by atoms with Crippen molar-refractivity contribution >= 4 is 0 Å². The maximum atomic E-state index is 13.2. The van der Waals surface area contributed by atoms with E-state index in [1.54, 1.807) is 22.4 Å². The quantitative estimate of drug-likeness (QED) is 0.314. The Morgan fingerprint density at radius 3 is 2.74 bits per heavy atom. The van der Waals surface area contributed by atoms with Crippen LogP contribution in [0, 0.1) is 40.8 Å². The van der Waals surface area contributed by atoms with Crippen LogP contribution in [0.1, 0.15) is 87.6 Å². The predicted molar refractivity (Wildman–Crippen MR) is 161 cm³/mol. The van der Waals surface area contributed by atoms with E-state index in [1.165, 1.54) is 49.8 Å². The van der Waals surface area contributed by atoms with E-state index in [4.69, 9.17) is 14.2 Å². The molecule has 0 radical (unpaired) electrons. The highest BCUT2D eigenvalue weighted by Crippen LogP contribution is 2.69. The Hall–Kier alpha value is -2.77. The van der Waals surface area contributed by atoms with Gasteiger partial charge in [-0.05, 0) is 114 Å². The number of fused-ring (bicyclic) bond motifs is 7. The molecule has 9 atom stereocenters. The van der Waals surface area contributed by atoms with Crippen molar-refractivity contribution in [1.82, 2.24) is 15.0 Å². The zero-order valence-electron chi connectivity index (χ0n) is 25.7. The van der Waals surface area contributed by atoms with Crippen molar-refractivity contribution in [3.63, 3.8) is 0 Å². The molecule has 7 heteroatoms. The summed E-state index contributed by atoms with van der Waals surface area (Å²) in [7, 11) is 0. The van der Waals surface area contributed by atoms with Crippen LogP contribution >= 0.6 is 0 Å². The number of ether oxygens (including phenoxy) is 3. The Morgan fingerprint density at radius 1 is 1.07 bits per heavy atom. The number of rotatable bonds is 5. The minimum absolute atomic E-state index is 0.235. The lowest BCUT2D eigenvalue weighted by atomic mass is 9.53. The van der Waals surface area contributed by atoms with Gasteiger partial charge in [-0.3, -0.25) is 0 Å². The summed E-state index contributed by atoms with van der Waals surface area (Å²) in [6, 6.07) is 13.2. The summed E-state index contributed by atoms with van der Waals surface area (Å²) >= 11 is 0. The van der Waals surface area contributed by atoms with Crippen LogP contribution in [-0.2, 0) is 29.0 Å². The van der Waals surface area contributed by atoms with Gasteiger partial charge in [-0.2, -0.15) is 0 Å². The first-order valence-electron chi connectivity index (χ1n) is 16.5. The van der Waals surface area contributed by atoms with Gasteiger partial charge < -0.3 is 14.2 Å². The minimum atomic E-state index is -0.334. The van der Waals surface area contributed by atoms with E-state index in [2.05, 4.69) is 49.3 Å². The highest BCUT2D eigenvalue weighted by molar-refractivity contribution is 5.41. The zero-order chi connectivity index (χ0) is 29.3. The number of hydrogen-bond acceptors (Lipinski definition) is 5. The molecule has 4 fully saturated rings. The third-order valence-electron chi connectivity index (χ3n) is 12.2. The van der Waals surface area contributed by atoms with Crippen LogP contribution in [0.3, 0.4) is 0 Å². The fourth-order valence-corrected chi connectivity index (χ4v) is 10.1. The number of halogens is 1. The predicted octanol–water partition coefficient (Wildman–Crippen LogP) is 7.30. The maximum absolute atomic E-state index is 13.2. The molecule has 0 bridgehead atoms. The second kappa shape index (κ2) is 10.4. The summed E-state index contributed by atoms with van der Waals surface area (Å²) in [4.78, 5) is 0. The molecule has 2 aliphatic heterocycles. The van der Waals surface area contributed by atoms with Gasteiger partial charge in [0, 0.05) is 12.3 Å².